The first-order valence-corrected chi connectivity index (χ1v) is 6.05. The summed E-state index contributed by atoms with van der Waals surface area (Å²) in [4.78, 5) is 25.8. The number of nitriles is 2. The second-order valence-corrected chi connectivity index (χ2v) is 4.45. The van der Waals surface area contributed by atoms with Crippen molar-refractivity contribution in [3.8, 4) is 12.1 Å². The minimum atomic E-state index is -0.817. The Labute approximate surface area is 111 Å². The van der Waals surface area contributed by atoms with Gasteiger partial charge in [0.15, 0.2) is 0 Å². The van der Waals surface area contributed by atoms with E-state index in [2.05, 4.69) is 0 Å². The Bertz CT molecular complexity index is 400. The van der Waals surface area contributed by atoms with Crippen LogP contribution in [0.2, 0.25) is 0 Å². The molecule has 1 aliphatic rings. The number of rotatable bonds is 5. The molecule has 1 heterocycles. The number of hydrogen-bond donors (Lipinski definition) is 1. The summed E-state index contributed by atoms with van der Waals surface area (Å²) in [6.07, 6.45) is 0.912. The second kappa shape index (κ2) is 7.34. The minimum absolute atomic E-state index is 0.0266. The van der Waals surface area contributed by atoms with Crippen molar-refractivity contribution in [1.29, 1.82) is 10.5 Å². The van der Waals surface area contributed by atoms with Crippen LogP contribution in [0.25, 0.3) is 0 Å². The van der Waals surface area contributed by atoms with Gasteiger partial charge in [0.1, 0.15) is 0 Å². The first-order chi connectivity index (χ1) is 9.08. The molecule has 0 bridgehead atoms. The van der Waals surface area contributed by atoms with E-state index in [-0.39, 0.29) is 31.5 Å². The zero-order valence-corrected chi connectivity index (χ0v) is 10.6. The molecular formula is C12H16N4O3. The van der Waals surface area contributed by atoms with Gasteiger partial charge in [0.05, 0.1) is 37.7 Å². The molecule has 0 atom stereocenters. The number of likely N-dealkylation sites (tertiary alicyclic amines) is 1. The van der Waals surface area contributed by atoms with Crippen LogP contribution in [0.15, 0.2) is 0 Å². The largest absolute Gasteiger partial charge is 0.481 e. The van der Waals surface area contributed by atoms with Gasteiger partial charge in [-0.15, -0.1) is 0 Å². The van der Waals surface area contributed by atoms with Crippen molar-refractivity contribution in [2.24, 2.45) is 5.92 Å². The second-order valence-electron chi connectivity index (χ2n) is 4.45. The molecule has 1 aliphatic heterocycles. The number of hydrogen-bond acceptors (Lipinski definition) is 5. The van der Waals surface area contributed by atoms with Crippen molar-refractivity contribution in [2.75, 3.05) is 32.7 Å². The number of carboxylic acids is 1. The summed E-state index contributed by atoms with van der Waals surface area (Å²) in [5.41, 5.74) is 0. The Morgan fingerprint density at radius 1 is 1.21 bits per heavy atom. The van der Waals surface area contributed by atoms with Crippen LogP contribution in [0, 0.1) is 28.6 Å². The van der Waals surface area contributed by atoms with Crippen LogP contribution in [0.5, 0.6) is 0 Å². The Balaban J connectivity index is 2.44. The monoisotopic (exact) mass is 264 g/mol. The fourth-order valence-corrected chi connectivity index (χ4v) is 2.03. The van der Waals surface area contributed by atoms with Gasteiger partial charge < -0.3 is 10.0 Å². The first kappa shape index (κ1) is 14.9. The van der Waals surface area contributed by atoms with Gasteiger partial charge in [-0.2, -0.15) is 10.5 Å². The number of nitrogens with zero attached hydrogens (tertiary/aromatic N) is 4. The van der Waals surface area contributed by atoms with Crippen LogP contribution in [-0.4, -0.2) is 59.5 Å². The Hall–Kier alpha value is -2.12. The lowest BCUT2D eigenvalue weighted by Gasteiger charge is -2.31. The molecule has 0 aromatic heterocycles. The molecule has 1 rings (SSSR count). The van der Waals surface area contributed by atoms with Crippen LogP contribution in [0.4, 0.5) is 0 Å². The van der Waals surface area contributed by atoms with Gasteiger partial charge in [0, 0.05) is 13.1 Å². The summed E-state index contributed by atoms with van der Waals surface area (Å²) in [7, 11) is 0. The molecule has 0 aromatic rings. The highest BCUT2D eigenvalue weighted by Crippen LogP contribution is 2.17. The SMILES string of the molecule is N#CCN(CC#N)CC(=O)N1CCC(C(=O)O)CC1. The minimum Gasteiger partial charge on any atom is -0.481 e. The van der Waals surface area contributed by atoms with Crippen molar-refractivity contribution in [2.45, 2.75) is 12.8 Å². The molecule has 102 valence electrons. The molecule has 0 radical (unpaired) electrons. The van der Waals surface area contributed by atoms with Gasteiger partial charge in [-0.3, -0.25) is 14.5 Å². The smallest absolute Gasteiger partial charge is 0.306 e. The average molecular weight is 264 g/mol. The fraction of sp³-hybridized carbons (Fsp3) is 0.667. The lowest BCUT2D eigenvalue weighted by Crippen LogP contribution is -2.45. The molecule has 1 N–H and O–H groups in total. The number of amides is 1. The van der Waals surface area contributed by atoms with Crippen molar-refractivity contribution in [1.82, 2.24) is 9.80 Å². The van der Waals surface area contributed by atoms with E-state index >= 15 is 0 Å². The number of aliphatic carboxylic acids is 1. The van der Waals surface area contributed by atoms with Crippen molar-refractivity contribution >= 4 is 11.9 Å². The summed E-state index contributed by atoms with van der Waals surface area (Å²) < 4.78 is 0. The van der Waals surface area contributed by atoms with E-state index in [1.807, 2.05) is 12.1 Å². The molecule has 0 aromatic carbocycles. The normalized spacial score (nSPS) is 15.8. The third-order valence-corrected chi connectivity index (χ3v) is 3.14. The molecule has 0 aliphatic carbocycles. The Morgan fingerprint density at radius 3 is 2.16 bits per heavy atom. The summed E-state index contributed by atoms with van der Waals surface area (Å²) in [6.45, 7) is 0.931. The van der Waals surface area contributed by atoms with Crippen molar-refractivity contribution in [3.63, 3.8) is 0 Å². The topological polar surface area (TPSA) is 108 Å². The van der Waals surface area contributed by atoms with Crippen LogP contribution in [0.3, 0.4) is 0 Å². The maximum Gasteiger partial charge on any atom is 0.306 e. The third-order valence-electron chi connectivity index (χ3n) is 3.14. The van der Waals surface area contributed by atoms with Gasteiger partial charge in [0.2, 0.25) is 5.91 Å². The first-order valence-electron chi connectivity index (χ1n) is 6.05. The molecule has 1 fully saturated rings. The van der Waals surface area contributed by atoms with Crippen LogP contribution in [0.1, 0.15) is 12.8 Å². The predicted octanol–water partition coefficient (Wildman–Crippen LogP) is -0.341. The maximum absolute atomic E-state index is 12.0. The van der Waals surface area contributed by atoms with Crippen LogP contribution >= 0.6 is 0 Å². The van der Waals surface area contributed by atoms with Gasteiger partial charge in [0.25, 0.3) is 0 Å². The molecule has 1 amide bonds. The maximum atomic E-state index is 12.0. The average Bonchev–Trinajstić information content (AvgIpc) is 2.39. The molecule has 0 unspecified atom stereocenters. The molecule has 0 saturated carbocycles. The number of carbonyl (C=O) groups excluding carboxylic acids is 1. The summed E-state index contributed by atoms with van der Waals surface area (Å²) in [6, 6.07) is 3.82. The van der Waals surface area contributed by atoms with Crippen LogP contribution < -0.4 is 0 Å². The van der Waals surface area contributed by atoms with E-state index in [1.54, 1.807) is 4.90 Å². The van der Waals surface area contributed by atoms with Gasteiger partial charge in [-0.25, -0.2) is 0 Å². The predicted molar refractivity (Wildman–Crippen MR) is 64.6 cm³/mol. The summed E-state index contributed by atoms with van der Waals surface area (Å²) in [5.74, 6) is -1.35. The van der Waals surface area contributed by atoms with E-state index in [1.165, 1.54) is 4.90 Å². The van der Waals surface area contributed by atoms with Gasteiger partial charge in [-0.05, 0) is 12.8 Å². The van der Waals surface area contributed by atoms with E-state index in [9.17, 15) is 9.59 Å². The highest BCUT2D eigenvalue weighted by molar-refractivity contribution is 5.79. The van der Waals surface area contributed by atoms with E-state index in [0.717, 1.165) is 0 Å². The van der Waals surface area contributed by atoms with Gasteiger partial charge in [-0.1, -0.05) is 0 Å². The molecule has 7 heteroatoms. The Morgan fingerprint density at radius 2 is 1.74 bits per heavy atom. The molecular weight excluding hydrogens is 248 g/mol. The number of carbonyl (C=O) groups is 2. The quantitative estimate of drug-likeness (QED) is 0.680. The van der Waals surface area contributed by atoms with Crippen molar-refractivity contribution < 1.29 is 14.7 Å². The molecule has 7 nitrogen and oxygen atoms in total. The standard InChI is InChI=1S/C12H16N4O3/c13-3-7-15(8-4-14)9-11(17)16-5-1-10(2-6-16)12(18)19/h10H,1-2,5-9H2,(H,18,19). The zero-order valence-electron chi connectivity index (χ0n) is 10.6. The zero-order chi connectivity index (χ0) is 14.3. The van der Waals surface area contributed by atoms with Gasteiger partial charge >= 0.3 is 5.97 Å². The van der Waals surface area contributed by atoms with E-state index in [0.29, 0.717) is 25.9 Å². The third kappa shape index (κ3) is 4.57. The summed E-state index contributed by atoms with van der Waals surface area (Å²) in [5, 5.41) is 26.0. The highest BCUT2D eigenvalue weighted by Gasteiger charge is 2.27. The number of carboxylic acid groups (broad SMARTS) is 1. The molecule has 1 saturated heterocycles. The highest BCUT2D eigenvalue weighted by atomic mass is 16.4. The van der Waals surface area contributed by atoms with Crippen molar-refractivity contribution in [3.05, 3.63) is 0 Å². The van der Waals surface area contributed by atoms with Crippen LogP contribution in [-0.2, 0) is 9.59 Å². The molecule has 19 heavy (non-hydrogen) atoms. The fourth-order valence-electron chi connectivity index (χ4n) is 2.03. The lowest BCUT2D eigenvalue weighted by atomic mass is 9.97. The number of piperidine rings is 1. The lowest BCUT2D eigenvalue weighted by molar-refractivity contribution is -0.145. The van der Waals surface area contributed by atoms with E-state index in [4.69, 9.17) is 15.6 Å². The summed E-state index contributed by atoms with van der Waals surface area (Å²) >= 11 is 0. The van der Waals surface area contributed by atoms with E-state index < -0.39 is 5.97 Å². The Kier molecular flexibility index (Phi) is 5.77. The molecule has 0 spiro atoms.